The van der Waals surface area contributed by atoms with E-state index in [2.05, 4.69) is 15.3 Å². The van der Waals surface area contributed by atoms with Crippen LogP contribution < -0.4 is 10.2 Å². The third kappa shape index (κ3) is 3.22. The van der Waals surface area contributed by atoms with Crippen molar-refractivity contribution in [1.29, 1.82) is 0 Å². The molecule has 1 N–H and O–H groups in total. The lowest BCUT2D eigenvalue weighted by Crippen LogP contribution is -2.25. The highest BCUT2D eigenvalue weighted by Gasteiger charge is 2.24. The fourth-order valence-corrected chi connectivity index (χ4v) is 3.52. The Kier molecular flexibility index (Phi) is 4.55. The van der Waals surface area contributed by atoms with Crippen LogP contribution in [0.2, 0.25) is 0 Å². The van der Waals surface area contributed by atoms with Crippen LogP contribution in [0.15, 0.2) is 36.4 Å². The lowest BCUT2D eigenvalue weighted by Gasteiger charge is -2.20. The summed E-state index contributed by atoms with van der Waals surface area (Å²) in [6.07, 6.45) is 1.44. The molecule has 1 saturated heterocycles. The van der Waals surface area contributed by atoms with Gasteiger partial charge in [-0.2, -0.15) is 0 Å². The van der Waals surface area contributed by atoms with Gasteiger partial charge in [-0.05, 0) is 63.1 Å². The quantitative estimate of drug-likeness (QED) is 0.754. The molecule has 0 bridgehead atoms. The molecule has 2 amide bonds. The van der Waals surface area contributed by atoms with Crippen molar-refractivity contribution < 1.29 is 9.59 Å². The standard InChI is InChI=1S/C22H22N4O2/c1-13-17(6-4-7-20(13)26-11-5-8-21(26)27)25-22(28)16-9-10-18-19(12-16)24-15(3)14(2)23-18/h4,6-7,9-10,12H,5,8,11H2,1-3H3,(H,25,28). The molecule has 0 unspecified atom stereocenters. The maximum absolute atomic E-state index is 12.8. The molecule has 2 heterocycles. The lowest BCUT2D eigenvalue weighted by atomic mass is 10.1. The van der Waals surface area contributed by atoms with E-state index >= 15 is 0 Å². The lowest BCUT2D eigenvalue weighted by molar-refractivity contribution is -0.117. The van der Waals surface area contributed by atoms with Crippen molar-refractivity contribution in [3.05, 3.63) is 58.9 Å². The first-order chi connectivity index (χ1) is 13.4. The van der Waals surface area contributed by atoms with Gasteiger partial charge in [-0.25, -0.2) is 9.97 Å². The van der Waals surface area contributed by atoms with E-state index in [4.69, 9.17) is 0 Å². The number of nitrogens with one attached hydrogen (secondary N) is 1. The second-order valence-electron chi connectivity index (χ2n) is 7.15. The number of carbonyl (C=O) groups is 2. The number of nitrogens with zero attached hydrogens (tertiary/aromatic N) is 3. The molecule has 1 aliphatic rings. The summed E-state index contributed by atoms with van der Waals surface area (Å²) in [6, 6.07) is 11.0. The number of hydrogen-bond donors (Lipinski definition) is 1. The number of rotatable bonds is 3. The van der Waals surface area contributed by atoms with Gasteiger partial charge in [0.2, 0.25) is 5.91 Å². The van der Waals surface area contributed by atoms with Gasteiger partial charge in [0.05, 0.1) is 22.4 Å². The zero-order valence-corrected chi connectivity index (χ0v) is 16.2. The van der Waals surface area contributed by atoms with E-state index in [-0.39, 0.29) is 11.8 Å². The number of aryl methyl sites for hydroxylation is 2. The Morgan fingerprint density at radius 3 is 2.50 bits per heavy atom. The van der Waals surface area contributed by atoms with Crippen LogP contribution in [0.4, 0.5) is 11.4 Å². The van der Waals surface area contributed by atoms with Crippen LogP contribution in [-0.2, 0) is 4.79 Å². The summed E-state index contributed by atoms with van der Waals surface area (Å²) >= 11 is 0. The smallest absolute Gasteiger partial charge is 0.255 e. The van der Waals surface area contributed by atoms with Gasteiger partial charge < -0.3 is 10.2 Å². The highest BCUT2D eigenvalue weighted by molar-refractivity contribution is 6.07. The van der Waals surface area contributed by atoms with Crippen LogP contribution in [0.1, 0.15) is 40.2 Å². The molecule has 0 spiro atoms. The summed E-state index contributed by atoms with van der Waals surface area (Å²) < 4.78 is 0. The number of amides is 2. The van der Waals surface area contributed by atoms with Gasteiger partial charge in [0, 0.05) is 29.9 Å². The number of benzene rings is 2. The van der Waals surface area contributed by atoms with Gasteiger partial charge in [-0.1, -0.05) is 6.07 Å². The van der Waals surface area contributed by atoms with Crippen molar-refractivity contribution in [3.63, 3.8) is 0 Å². The second-order valence-corrected chi connectivity index (χ2v) is 7.15. The van der Waals surface area contributed by atoms with Crippen molar-refractivity contribution in [3.8, 4) is 0 Å². The fraction of sp³-hybridized carbons (Fsp3) is 0.273. The fourth-order valence-electron chi connectivity index (χ4n) is 3.52. The van der Waals surface area contributed by atoms with E-state index in [0.717, 1.165) is 41.1 Å². The zero-order chi connectivity index (χ0) is 19.8. The van der Waals surface area contributed by atoms with Crippen molar-refractivity contribution in [2.45, 2.75) is 33.6 Å². The van der Waals surface area contributed by atoms with Crippen molar-refractivity contribution >= 4 is 34.2 Å². The molecular formula is C22H22N4O2. The number of carbonyl (C=O) groups excluding carboxylic acids is 2. The van der Waals surface area contributed by atoms with Crippen LogP contribution in [0.25, 0.3) is 11.0 Å². The van der Waals surface area contributed by atoms with Crippen molar-refractivity contribution in [2.24, 2.45) is 0 Å². The predicted octanol–water partition coefficient (Wildman–Crippen LogP) is 3.93. The summed E-state index contributed by atoms with van der Waals surface area (Å²) in [6.45, 7) is 6.47. The van der Waals surface area contributed by atoms with E-state index in [1.54, 1.807) is 17.0 Å². The van der Waals surface area contributed by atoms with Gasteiger partial charge in [0.15, 0.2) is 0 Å². The molecule has 1 aliphatic heterocycles. The highest BCUT2D eigenvalue weighted by atomic mass is 16.2. The molecule has 1 aromatic heterocycles. The molecule has 2 aromatic carbocycles. The van der Waals surface area contributed by atoms with E-state index in [0.29, 0.717) is 23.2 Å². The maximum atomic E-state index is 12.8. The van der Waals surface area contributed by atoms with Crippen LogP contribution in [0.5, 0.6) is 0 Å². The molecule has 142 valence electrons. The Balaban J connectivity index is 1.62. The molecule has 0 atom stereocenters. The SMILES string of the molecule is Cc1nc2ccc(C(=O)Nc3cccc(N4CCCC4=O)c3C)cc2nc1C. The Morgan fingerprint density at radius 2 is 1.79 bits per heavy atom. The number of fused-ring (bicyclic) bond motifs is 1. The normalized spacial score (nSPS) is 14.0. The van der Waals surface area contributed by atoms with Gasteiger partial charge in [-0.15, -0.1) is 0 Å². The summed E-state index contributed by atoms with van der Waals surface area (Å²) in [7, 11) is 0. The van der Waals surface area contributed by atoms with Gasteiger partial charge >= 0.3 is 0 Å². The molecule has 0 aliphatic carbocycles. The minimum atomic E-state index is -0.213. The largest absolute Gasteiger partial charge is 0.322 e. The molecule has 6 heteroatoms. The van der Waals surface area contributed by atoms with Gasteiger partial charge in [-0.3, -0.25) is 9.59 Å². The minimum Gasteiger partial charge on any atom is -0.322 e. The van der Waals surface area contributed by atoms with E-state index in [1.807, 2.05) is 45.0 Å². The Bertz CT molecular complexity index is 1110. The first-order valence-electron chi connectivity index (χ1n) is 9.40. The summed E-state index contributed by atoms with van der Waals surface area (Å²) in [4.78, 5) is 35.7. The molecule has 6 nitrogen and oxygen atoms in total. The third-order valence-corrected chi connectivity index (χ3v) is 5.26. The maximum Gasteiger partial charge on any atom is 0.255 e. The first kappa shape index (κ1) is 18.1. The molecule has 0 saturated carbocycles. The van der Waals surface area contributed by atoms with Crippen LogP contribution in [0.3, 0.4) is 0 Å². The van der Waals surface area contributed by atoms with E-state index in [9.17, 15) is 9.59 Å². The van der Waals surface area contributed by atoms with Crippen LogP contribution in [-0.4, -0.2) is 28.3 Å². The summed E-state index contributed by atoms with van der Waals surface area (Å²) in [5.41, 5.74) is 6.17. The molecule has 4 rings (SSSR count). The highest BCUT2D eigenvalue weighted by Crippen LogP contribution is 2.30. The second kappa shape index (κ2) is 7.03. The third-order valence-electron chi connectivity index (χ3n) is 5.26. The van der Waals surface area contributed by atoms with Gasteiger partial charge in [0.1, 0.15) is 0 Å². The van der Waals surface area contributed by atoms with E-state index in [1.165, 1.54) is 0 Å². The predicted molar refractivity (Wildman–Crippen MR) is 110 cm³/mol. The Morgan fingerprint density at radius 1 is 1.04 bits per heavy atom. The monoisotopic (exact) mass is 374 g/mol. The van der Waals surface area contributed by atoms with Crippen LogP contribution in [0, 0.1) is 20.8 Å². The molecule has 0 radical (unpaired) electrons. The molecule has 28 heavy (non-hydrogen) atoms. The van der Waals surface area contributed by atoms with Crippen LogP contribution >= 0.6 is 0 Å². The number of hydrogen-bond acceptors (Lipinski definition) is 4. The molecular weight excluding hydrogens is 352 g/mol. The zero-order valence-electron chi connectivity index (χ0n) is 16.2. The Labute approximate surface area is 163 Å². The topological polar surface area (TPSA) is 75.2 Å². The Hall–Kier alpha value is -3.28. The van der Waals surface area contributed by atoms with Crippen molar-refractivity contribution in [2.75, 3.05) is 16.8 Å². The molecule has 1 fully saturated rings. The molecule has 3 aromatic rings. The minimum absolute atomic E-state index is 0.130. The first-order valence-corrected chi connectivity index (χ1v) is 9.40. The summed E-state index contributed by atoms with van der Waals surface area (Å²) in [5.74, 6) is -0.0831. The number of anilines is 2. The average molecular weight is 374 g/mol. The number of aromatic nitrogens is 2. The van der Waals surface area contributed by atoms with Gasteiger partial charge in [0.25, 0.3) is 5.91 Å². The average Bonchev–Trinajstić information content (AvgIpc) is 3.09. The van der Waals surface area contributed by atoms with E-state index < -0.39 is 0 Å². The summed E-state index contributed by atoms with van der Waals surface area (Å²) in [5, 5.41) is 2.97. The van der Waals surface area contributed by atoms with Crippen molar-refractivity contribution in [1.82, 2.24) is 9.97 Å².